The number of aromatic nitrogens is 1. The lowest BCUT2D eigenvalue weighted by Gasteiger charge is -2.15. The molecular formula is C14H12F2N2O2. The summed E-state index contributed by atoms with van der Waals surface area (Å²) in [6.07, 6.45) is 1.27. The number of hydrogen-bond donors (Lipinski definition) is 2. The minimum absolute atomic E-state index is 0.184. The van der Waals surface area contributed by atoms with Crippen LogP contribution in [0.3, 0.4) is 0 Å². The number of nitrogens with one attached hydrogen (secondary N) is 2. The Kier molecular flexibility index (Phi) is 3.93. The molecule has 1 atom stereocenters. The predicted molar refractivity (Wildman–Crippen MR) is 69.3 cm³/mol. The first-order chi connectivity index (χ1) is 9.47. The SMILES string of the molecule is C[C@H](NC(=O)c1ccc(=O)[nH]c1)c1ccc(F)cc1F. The van der Waals surface area contributed by atoms with Crippen LogP contribution in [0.4, 0.5) is 8.78 Å². The summed E-state index contributed by atoms with van der Waals surface area (Å²) in [5.41, 5.74) is 0.113. The molecule has 20 heavy (non-hydrogen) atoms. The van der Waals surface area contributed by atoms with E-state index in [1.807, 2.05) is 0 Å². The maximum absolute atomic E-state index is 13.6. The third-order valence-electron chi connectivity index (χ3n) is 2.82. The number of pyridine rings is 1. The topological polar surface area (TPSA) is 62.0 Å². The lowest BCUT2D eigenvalue weighted by molar-refractivity contribution is 0.0939. The smallest absolute Gasteiger partial charge is 0.253 e. The molecular weight excluding hydrogens is 266 g/mol. The van der Waals surface area contributed by atoms with Crippen molar-refractivity contribution >= 4 is 5.91 Å². The van der Waals surface area contributed by atoms with Crippen molar-refractivity contribution in [1.29, 1.82) is 0 Å². The van der Waals surface area contributed by atoms with Gasteiger partial charge in [0.25, 0.3) is 5.91 Å². The predicted octanol–water partition coefficient (Wildman–Crippen LogP) is 2.14. The van der Waals surface area contributed by atoms with Gasteiger partial charge in [-0.2, -0.15) is 0 Å². The van der Waals surface area contributed by atoms with Crippen LogP contribution in [0.2, 0.25) is 0 Å². The Hall–Kier alpha value is -2.50. The Balaban J connectivity index is 2.14. The highest BCUT2D eigenvalue weighted by Crippen LogP contribution is 2.18. The van der Waals surface area contributed by atoms with Crippen molar-refractivity contribution in [3.63, 3.8) is 0 Å². The average Bonchev–Trinajstić information content (AvgIpc) is 2.39. The summed E-state index contributed by atoms with van der Waals surface area (Å²) >= 11 is 0. The van der Waals surface area contributed by atoms with Gasteiger partial charge in [0, 0.05) is 23.9 Å². The van der Waals surface area contributed by atoms with Gasteiger partial charge in [-0.15, -0.1) is 0 Å². The first-order valence-electron chi connectivity index (χ1n) is 5.92. The minimum atomic E-state index is -0.723. The molecule has 0 saturated carbocycles. The van der Waals surface area contributed by atoms with Gasteiger partial charge in [-0.25, -0.2) is 8.78 Å². The van der Waals surface area contributed by atoms with Crippen LogP contribution < -0.4 is 10.9 Å². The number of carbonyl (C=O) groups is 1. The van der Waals surface area contributed by atoms with E-state index in [-0.39, 0.29) is 16.7 Å². The molecule has 0 unspecified atom stereocenters. The molecule has 0 aliphatic carbocycles. The second-order valence-electron chi connectivity index (χ2n) is 4.30. The molecule has 2 aromatic rings. The average molecular weight is 278 g/mol. The van der Waals surface area contributed by atoms with Gasteiger partial charge < -0.3 is 10.3 Å². The van der Waals surface area contributed by atoms with Crippen LogP contribution in [0.15, 0.2) is 41.3 Å². The number of halogens is 2. The Morgan fingerprint density at radius 3 is 2.60 bits per heavy atom. The summed E-state index contributed by atoms with van der Waals surface area (Å²) in [6.45, 7) is 1.58. The molecule has 0 aliphatic rings. The molecule has 0 spiro atoms. The van der Waals surface area contributed by atoms with E-state index in [1.165, 1.54) is 24.4 Å². The van der Waals surface area contributed by atoms with E-state index in [4.69, 9.17) is 0 Å². The van der Waals surface area contributed by atoms with Crippen LogP contribution in [0, 0.1) is 11.6 Å². The summed E-state index contributed by atoms with van der Waals surface area (Å²) in [4.78, 5) is 25.2. The molecule has 0 aliphatic heterocycles. The number of benzene rings is 1. The van der Waals surface area contributed by atoms with Gasteiger partial charge in [-0.05, 0) is 19.1 Å². The molecule has 104 valence electrons. The maximum Gasteiger partial charge on any atom is 0.253 e. The first-order valence-corrected chi connectivity index (χ1v) is 5.92. The zero-order chi connectivity index (χ0) is 14.7. The van der Waals surface area contributed by atoms with E-state index in [1.54, 1.807) is 6.92 Å². The van der Waals surface area contributed by atoms with E-state index in [9.17, 15) is 18.4 Å². The fourth-order valence-electron chi connectivity index (χ4n) is 1.76. The van der Waals surface area contributed by atoms with E-state index >= 15 is 0 Å². The van der Waals surface area contributed by atoms with Gasteiger partial charge in [0.15, 0.2) is 0 Å². The summed E-state index contributed by atoms with van der Waals surface area (Å²) in [5, 5.41) is 2.57. The number of amides is 1. The monoisotopic (exact) mass is 278 g/mol. The fraction of sp³-hybridized carbons (Fsp3) is 0.143. The van der Waals surface area contributed by atoms with Gasteiger partial charge in [0.2, 0.25) is 5.56 Å². The molecule has 0 fully saturated rings. The summed E-state index contributed by atoms with van der Waals surface area (Å²) in [5.74, 6) is -1.86. The number of rotatable bonds is 3. The standard InChI is InChI=1S/C14H12F2N2O2/c1-8(11-4-3-10(15)6-12(11)16)18-14(20)9-2-5-13(19)17-7-9/h2-8H,1H3,(H,17,19)(H,18,20)/t8-/m0/s1. The van der Waals surface area contributed by atoms with Gasteiger partial charge in [0.1, 0.15) is 11.6 Å². The van der Waals surface area contributed by atoms with Crippen LogP contribution in [0.1, 0.15) is 28.9 Å². The van der Waals surface area contributed by atoms with Crippen molar-refractivity contribution in [2.45, 2.75) is 13.0 Å². The van der Waals surface area contributed by atoms with Gasteiger partial charge in [-0.1, -0.05) is 6.07 Å². The Bertz CT molecular complexity index is 677. The molecule has 1 heterocycles. The van der Waals surface area contributed by atoms with Crippen molar-refractivity contribution in [2.75, 3.05) is 0 Å². The Morgan fingerprint density at radius 2 is 2.00 bits per heavy atom. The number of hydrogen-bond acceptors (Lipinski definition) is 2. The minimum Gasteiger partial charge on any atom is -0.345 e. The van der Waals surface area contributed by atoms with Crippen LogP contribution in [-0.4, -0.2) is 10.9 Å². The molecule has 4 nitrogen and oxygen atoms in total. The lowest BCUT2D eigenvalue weighted by Crippen LogP contribution is -2.27. The van der Waals surface area contributed by atoms with Crippen LogP contribution in [-0.2, 0) is 0 Å². The van der Waals surface area contributed by atoms with Crippen molar-refractivity contribution in [3.8, 4) is 0 Å². The van der Waals surface area contributed by atoms with E-state index < -0.39 is 23.6 Å². The van der Waals surface area contributed by atoms with Gasteiger partial charge in [0.05, 0.1) is 11.6 Å². The molecule has 2 rings (SSSR count). The Labute approximate surface area is 113 Å². The molecule has 0 saturated heterocycles. The molecule has 1 amide bonds. The zero-order valence-electron chi connectivity index (χ0n) is 10.6. The molecule has 0 radical (unpaired) electrons. The summed E-state index contributed by atoms with van der Waals surface area (Å²) < 4.78 is 26.4. The quantitative estimate of drug-likeness (QED) is 0.903. The van der Waals surface area contributed by atoms with Crippen molar-refractivity contribution in [2.24, 2.45) is 0 Å². The van der Waals surface area contributed by atoms with Crippen LogP contribution in [0.5, 0.6) is 0 Å². The second-order valence-corrected chi connectivity index (χ2v) is 4.30. The number of carbonyl (C=O) groups excluding carboxylic acids is 1. The number of H-pyrrole nitrogens is 1. The third-order valence-corrected chi connectivity index (χ3v) is 2.82. The normalized spacial score (nSPS) is 11.9. The molecule has 0 bridgehead atoms. The molecule has 1 aromatic heterocycles. The van der Waals surface area contributed by atoms with Gasteiger partial charge in [-0.3, -0.25) is 9.59 Å². The first kappa shape index (κ1) is 13.9. The zero-order valence-corrected chi connectivity index (χ0v) is 10.6. The van der Waals surface area contributed by atoms with Crippen molar-refractivity contribution in [1.82, 2.24) is 10.3 Å². The highest BCUT2D eigenvalue weighted by atomic mass is 19.1. The maximum atomic E-state index is 13.6. The van der Waals surface area contributed by atoms with Crippen LogP contribution in [0.25, 0.3) is 0 Å². The van der Waals surface area contributed by atoms with Crippen LogP contribution >= 0.6 is 0 Å². The fourth-order valence-corrected chi connectivity index (χ4v) is 1.76. The second kappa shape index (κ2) is 5.64. The van der Waals surface area contributed by atoms with E-state index in [0.29, 0.717) is 0 Å². The largest absolute Gasteiger partial charge is 0.345 e. The van der Waals surface area contributed by atoms with E-state index in [0.717, 1.165) is 12.1 Å². The lowest BCUT2D eigenvalue weighted by atomic mass is 10.1. The molecule has 6 heteroatoms. The van der Waals surface area contributed by atoms with Crippen molar-refractivity contribution < 1.29 is 13.6 Å². The third kappa shape index (κ3) is 3.09. The molecule has 2 N–H and O–H groups in total. The van der Waals surface area contributed by atoms with Crippen molar-refractivity contribution in [3.05, 3.63) is 69.6 Å². The Morgan fingerprint density at radius 1 is 1.25 bits per heavy atom. The summed E-state index contributed by atoms with van der Waals surface area (Å²) in [6, 6.07) is 5.12. The number of aromatic amines is 1. The highest BCUT2D eigenvalue weighted by Gasteiger charge is 2.15. The van der Waals surface area contributed by atoms with Gasteiger partial charge >= 0.3 is 0 Å². The highest BCUT2D eigenvalue weighted by molar-refractivity contribution is 5.94. The van der Waals surface area contributed by atoms with E-state index in [2.05, 4.69) is 10.3 Å². The molecule has 1 aromatic carbocycles. The summed E-state index contributed by atoms with van der Waals surface area (Å²) in [7, 11) is 0.